The molecule has 0 fully saturated rings. The Balaban J connectivity index is 2.13. The van der Waals surface area contributed by atoms with Crippen molar-refractivity contribution in [2.24, 2.45) is 0 Å². The van der Waals surface area contributed by atoms with Crippen LogP contribution in [0.25, 0.3) is 6.08 Å². The smallest absolute Gasteiger partial charge is 0.235 e. The van der Waals surface area contributed by atoms with Crippen LogP contribution in [0.5, 0.6) is 11.5 Å². The van der Waals surface area contributed by atoms with Gasteiger partial charge in [0.25, 0.3) is 0 Å². The first-order chi connectivity index (χ1) is 11.1. The molecule has 2 rings (SSSR count). The van der Waals surface area contributed by atoms with Crippen LogP contribution in [0.1, 0.15) is 18.1 Å². The van der Waals surface area contributed by atoms with E-state index in [0.717, 1.165) is 11.8 Å². The van der Waals surface area contributed by atoms with E-state index in [9.17, 15) is 10.1 Å². The van der Waals surface area contributed by atoms with Crippen LogP contribution in [0, 0.1) is 10.1 Å². The van der Waals surface area contributed by atoms with Gasteiger partial charge in [-0.1, -0.05) is 29.8 Å². The molecule has 0 unspecified atom stereocenters. The highest BCUT2D eigenvalue weighted by molar-refractivity contribution is 6.30. The lowest BCUT2D eigenvalue weighted by atomic mass is 10.2. The molecule has 0 amide bonds. The third-order valence-corrected chi connectivity index (χ3v) is 3.22. The molecule has 0 atom stereocenters. The largest absolute Gasteiger partial charge is 0.490 e. The molecule has 23 heavy (non-hydrogen) atoms. The molecule has 0 spiro atoms. The Labute approximate surface area is 139 Å². The number of hydrogen-bond donors (Lipinski definition) is 0. The second kappa shape index (κ2) is 8.19. The van der Waals surface area contributed by atoms with E-state index >= 15 is 0 Å². The molecule has 0 saturated carbocycles. The van der Waals surface area contributed by atoms with Crippen molar-refractivity contribution in [2.75, 3.05) is 6.61 Å². The van der Waals surface area contributed by atoms with Crippen LogP contribution in [-0.4, -0.2) is 11.5 Å². The average Bonchev–Trinajstić information content (AvgIpc) is 2.54. The molecule has 0 aliphatic rings. The highest BCUT2D eigenvalue weighted by atomic mass is 35.5. The standard InChI is InChI=1S/C17H16ClNO4/c1-2-22-17-11-13(9-10-19(20)21)5-8-16(17)23-12-14-3-6-15(18)7-4-14/h3-11H,2,12H2,1H3/b10-9+. The number of benzene rings is 2. The SMILES string of the molecule is CCOc1cc(/C=C/[N+](=O)[O-])ccc1OCc1ccc(Cl)cc1. The van der Waals surface area contributed by atoms with Gasteiger partial charge in [0.05, 0.1) is 11.5 Å². The molecular weight excluding hydrogens is 318 g/mol. The molecular formula is C17H16ClNO4. The Hall–Kier alpha value is -2.53. The molecule has 6 heteroatoms. The van der Waals surface area contributed by atoms with Crippen molar-refractivity contribution in [3.63, 3.8) is 0 Å². The monoisotopic (exact) mass is 333 g/mol. The van der Waals surface area contributed by atoms with Gasteiger partial charge in [-0.25, -0.2) is 0 Å². The molecule has 0 radical (unpaired) electrons. The summed E-state index contributed by atoms with van der Waals surface area (Å²) >= 11 is 5.85. The van der Waals surface area contributed by atoms with E-state index in [1.54, 1.807) is 30.3 Å². The fourth-order valence-corrected chi connectivity index (χ4v) is 2.03. The van der Waals surface area contributed by atoms with Crippen molar-refractivity contribution in [1.82, 2.24) is 0 Å². The van der Waals surface area contributed by atoms with Crippen molar-refractivity contribution in [2.45, 2.75) is 13.5 Å². The highest BCUT2D eigenvalue weighted by Gasteiger charge is 2.07. The first-order valence-electron chi connectivity index (χ1n) is 7.04. The van der Waals surface area contributed by atoms with Gasteiger partial charge in [-0.15, -0.1) is 0 Å². The summed E-state index contributed by atoms with van der Waals surface area (Å²) in [5, 5.41) is 11.1. The van der Waals surface area contributed by atoms with Crippen molar-refractivity contribution in [3.8, 4) is 11.5 Å². The Morgan fingerprint density at radius 1 is 1.13 bits per heavy atom. The van der Waals surface area contributed by atoms with Crippen LogP contribution >= 0.6 is 11.6 Å². The summed E-state index contributed by atoms with van der Waals surface area (Å²) in [6.07, 6.45) is 2.30. The number of ether oxygens (including phenoxy) is 2. The first-order valence-corrected chi connectivity index (χ1v) is 7.42. The van der Waals surface area contributed by atoms with E-state index in [2.05, 4.69) is 0 Å². The Kier molecular flexibility index (Phi) is 6.00. The van der Waals surface area contributed by atoms with Gasteiger partial charge in [0.15, 0.2) is 11.5 Å². The average molecular weight is 334 g/mol. The van der Waals surface area contributed by atoms with Crippen LogP contribution < -0.4 is 9.47 Å². The highest BCUT2D eigenvalue weighted by Crippen LogP contribution is 2.30. The third-order valence-electron chi connectivity index (χ3n) is 2.96. The van der Waals surface area contributed by atoms with E-state index in [0.29, 0.717) is 35.3 Å². The predicted octanol–water partition coefficient (Wildman–Crippen LogP) is 4.57. The molecule has 5 nitrogen and oxygen atoms in total. The van der Waals surface area contributed by atoms with Crippen LogP contribution in [0.4, 0.5) is 0 Å². The molecule has 0 bridgehead atoms. The molecule has 0 N–H and O–H groups in total. The summed E-state index contributed by atoms with van der Waals surface area (Å²) < 4.78 is 11.3. The molecule has 120 valence electrons. The van der Waals surface area contributed by atoms with Crippen molar-refractivity contribution in [1.29, 1.82) is 0 Å². The lowest BCUT2D eigenvalue weighted by Gasteiger charge is -2.12. The quantitative estimate of drug-likeness (QED) is 0.550. The van der Waals surface area contributed by atoms with Crippen molar-refractivity contribution in [3.05, 3.63) is 74.9 Å². The van der Waals surface area contributed by atoms with Crippen molar-refractivity contribution >= 4 is 17.7 Å². The number of hydrogen-bond acceptors (Lipinski definition) is 4. The number of nitrogens with zero attached hydrogens (tertiary/aromatic N) is 1. The molecule has 0 aliphatic carbocycles. The lowest BCUT2D eigenvalue weighted by molar-refractivity contribution is -0.400. The topological polar surface area (TPSA) is 61.6 Å². The molecule has 0 saturated heterocycles. The van der Waals surface area contributed by atoms with Gasteiger partial charge in [0.2, 0.25) is 6.20 Å². The summed E-state index contributed by atoms with van der Waals surface area (Å²) in [5.41, 5.74) is 1.65. The zero-order valence-electron chi connectivity index (χ0n) is 12.6. The summed E-state index contributed by atoms with van der Waals surface area (Å²) in [6, 6.07) is 12.6. The molecule has 0 aromatic heterocycles. The normalized spacial score (nSPS) is 10.7. The summed E-state index contributed by atoms with van der Waals surface area (Å²) in [5.74, 6) is 1.13. The minimum absolute atomic E-state index is 0.376. The molecule has 0 heterocycles. The van der Waals surface area contributed by atoms with Crippen LogP contribution in [-0.2, 0) is 6.61 Å². The van der Waals surface area contributed by atoms with E-state index < -0.39 is 4.92 Å². The van der Waals surface area contributed by atoms with E-state index in [4.69, 9.17) is 21.1 Å². The number of nitro groups is 1. The minimum Gasteiger partial charge on any atom is -0.490 e. The fourth-order valence-electron chi connectivity index (χ4n) is 1.90. The molecule has 0 aliphatic heterocycles. The second-order valence-corrected chi connectivity index (χ2v) is 5.09. The van der Waals surface area contributed by atoms with E-state index in [-0.39, 0.29) is 0 Å². The maximum Gasteiger partial charge on any atom is 0.235 e. The number of halogens is 1. The van der Waals surface area contributed by atoms with Gasteiger partial charge in [-0.3, -0.25) is 10.1 Å². The van der Waals surface area contributed by atoms with Gasteiger partial charge >= 0.3 is 0 Å². The van der Waals surface area contributed by atoms with Gasteiger partial charge in [0.1, 0.15) is 6.61 Å². The van der Waals surface area contributed by atoms with E-state index in [1.165, 1.54) is 6.08 Å². The molecule has 2 aromatic rings. The number of rotatable bonds is 7. The zero-order valence-corrected chi connectivity index (χ0v) is 13.3. The predicted molar refractivity (Wildman–Crippen MR) is 89.4 cm³/mol. The summed E-state index contributed by atoms with van der Waals surface area (Å²) in [6.45, 7) is 2.71. The van der Waals surface area contributed by atoms with Gasteiger partial charge in [-0.2, -0.15) is 0 Å². The maximum atomic E-state index is 10.4. The van der Waals surface area contributed by atoms with Crippen LogP contribution in [0.15, 0.2) is 48.7 Å². The summed E-state index contributed by atoms with van der Waals surface area (Å²) in [4.78, 5) is 9.88. The first kappa shape index (κ1) is 16.8. The lowest BCUT2D eigenvalue weighted by Crippen LogP contribution is -2.00. The zero-order chi connectivity index (χ0) is 16.7. The van der Waals surface area contributed by atoms with Crippen LogP contribution in [0.2, 0.25) is 5.02 Å². The van der Waals surface area contributed by atoms with Gasteiger partial charge in [-0.05, 0) is 42.3 Å². The minimum atomic E-state index is -0.509. The third kappa shape index (κ3) is 5.30. The summed E-state index contributed by atoms with van der Waals surface area (Å²) in [7, 11) is 0. The van der Waals surface area contributed by atoms with Gasteiger partial charge < -0.3 is 9.47 Å². The molecule has 2 aromatic carbocycles. The Bertz CT molecular complexity index is 698. The van der Waals surface area contributed by atoms with Crippen LogP contribution in [0.3, 0.4) is 0 Å². The van der Waals surface area contributed by atoms with Crippen molar-refractivity contribution < 1.29 is 14.4 Å². The Morgan fingerprint density at radius 2 is 1.87 bits per heavy atom. The fraction of sp³-hybridized carbons (Fsp3) is 0.176. The van der Waals surface area contributed by atoms with E-state index in [1.807, 2.05) is 19.1 Å². The maximum absolute atomic E-state index is 10.4. The Morgan fingerprint density at radius 3 is 2.52 bits per heavy atom. The second-order valence-electron chi connectivity index (χ2n) is 4.66. The van der Waals surface area contributed by atoms with Gasteiger partial charge in [0, 0.05) is 11.1 Å².